The number of hydrogen-bond acceptors (Lipinski definition) is 1. The average Bonchev–Trinajstić information content (AvgIpc) is 3.09. The molecule has 1 aliphatic heterocycles. The van der Waals surface area contributed by atoms with E-state index in [2.05, 4.69) is 54.4 Å². The maximum atomic E-state index is 13.3. The van der Waals surface area contributed by atoms with Crippen LogP contribution in [0.4, 0.5) is 0 Å². The molecule has 0 amide bonds. The van der Waals surface area contributed by atoms with Crippen molar-refractivity contribution in [3.63, 3.8) is 0 Å². The van der Waals surface area contributed by atoms with E-state index in [4.69, 9.17) is 0 Å². The van der Waals surface area contributed by atoms with Crippen molar-refractivity contribution in [3.05, 3.63) is 77.5 Å². The van der Waals surface area contributed by atoms with Gasteiger partial charge >= 0.3 is 0 Å². The smallest absolute Gasteiger partial charge is 0.222 e. The summed E-state index contributed by atoms with van der Waals surface area (Å²) in [5, 5.41) is 1.05. The number of para-hydroxylation sites is 1. The van der Waals surface area contributed by atoms with E-state index in [1.807, 2.05) is 31.2 Å². The summed E-state index contributed by atoms with van der Waals surface area (Å²) in [5.74, 6) is 0.266. The molecule has 0 aliphatic carbocycles. The second-order valence-corrected chi connectivity index (χ2v) is 8.18. The highest BCUT2D eigenvalue weighted by Crippen LogP contribution is 2.22. The molecule has 1 atom stereocenters. The molecule has 2 heterocycles. The number of rotatable bonds is 6. The van der Waals surface area contributed by atoms with Crippen molar-refractivity contribution in [2.45, 2.75) is 19.9 Å². The van der Waals surface area contributed by atoms with E-state index in [-0.39, 0.29) is 11.8 Å². The molecule has 4 rings (SSSR count). The van der Waals surface area contributed by atoms with Crippen molar-refractivity contribution in [3.8, 4) is 0 Å². The number of hydrogen-bond donors (Lipinski definition) is 3. The summed E-state index contributed by atoms with van der Waals surface area (Å²) in [6.07, 6.45) is 4.48. The lowest BCUT2D eigenvalue weighted by Gasteiger charge is -2.32. The van der Waals surface area contributed by atoms with Gasteiger partial charge in [-0.2, -0.15) is 0 Å². The van der Waals surface area contributed by atoms with Gasteiger partial charge in [0.05, 0.1) is 12.1 Å². The molecule has 0 saturated carbocycles. The molecule has 0 spiro atoms. The van der Waals surface area contributed by atoms with Gasteiger partial charge in [-0.3, -0.25) is 4.79 Å². The monoisotopic (exact) mass is 389 g/mol. The maximum Gasteiger partial charge on any atom is 0.222 e. The molecule has 1 aromatic heterocycles. The minimum absolute atomic E-state index is 0.00526. The molecule has 1 aliphatic rings. The first-order chi connectivity index (χ1) is 14.1. The van der Waals surface area contributed by atoms with Crippen molar-refractivity contribution < 1.29 is 14.6 Å². The normalized spacial score (nSPS) is 20.9. The third-order valence-corrected chi connectivity index (χ3v) is 6.26. The van der Waals surface area contributed by atoms with E-state index < -0.39 is 0 Å². The van der Waals surface area contributed by atoms with Gasteiger partial charge in [-0.25, -0.2) is 0 Å². The summed E-state index contributed by atoms with van der Waals surface area (Å²) in [7, 11) is 0. The Morgan fingerprint density at radius 1 is 1.03 bits per heavy atom. The zero-order valence-corrected chi connectivity index (χ0v) is 17.4. The number of nitrogens with one attached hydrogen (secondary N) is 3. The molecule has 0 radical (unpaired) electrons. The lowest BCUT2D eigenvalue weighted by atomic mass is 10.0. The number of Topliss-reactive ketones (excluding diaryl/α,β-unsaturated/α-hetero) is 1. The summed E-state index contributed by atoms with van der Waals surface area (Å²) in [4.78, 5) is 19.7. The number of H-pyrrole nitrogens is 1. The largest absolute Gasteiger partial charge is 0.358 e. The number of aryl methyl sites for hydroxylation is 1. The molecule has 0 bridgehead atoms. The third kappa shape index (κ3) is 4.34. The molecule has 150 valence electrons. The van der Waals surface area contributed by atoms with Crippen LogP contribution in [0.3, 0.4) is 0 Å². The topological polar surface area (TPSA) is 41.7 Å². The lowest BCUT2D eigenvalue weighted by molar-refractivity contribution is -1.02. The summed E-state index contributed by atoms with van der Waals surface area (Å²) in [6, 6.07) is 18.6. The van der Waals surface area contributed by atoms with E-state index in [0.29, 0.717) is 0 Å². The Bertz CT molecular complexity index is 997. The Labute approximate surface area is 172 Å². The van der Waals surface area contributed by atoms with E-state index in [9.17, 15) is 4.79 Å². The molecular formula is C25H31N3O+2. The number of piperazine rings is 1. The van der Waals surface area contributed by atoms with E-state index in [0.717, 1.165) is 54.9 Å². The van der Waals surface area contributed by atoms with E-state index >= 15 is 0 Å². The third-order valence-electron chi connectivity index (χ3n) is 6.26. The van der Waals surface area contributed by atoms with Crippen LogP contribution in [0.1, 0.15) is 28.5 Å². The first-order valence-corrected chi connectivity index (χ1v) is 10.6. The van der Waals surface area contributed by atoms with Crippen LogP contribution in [0.2, 0.25) is 0 Å². The van der Waals surface area contributed by atoms with Crippen molar-refractivity contribution in [2.75, 3.05) is 32.7 Å². The van der Waals surface area contributed by atoms with E-state index in [1.54, 1.807) is 4.90 Å². The summed E-state index contributed by atoms with van der Waals surface area (Å²) >= 11 is 0. The van der Waals surface area contributed by atoms with Crippen LogP contribution in [0.25, 0.3) is 17.0 Å². The van der Waals surface area contributed by atoms with Gasteiger partial charge in [-0.1, -0.05) is 54.6 Å². The van der Waals surface area contributed by atoms with Gasteiger partial charge in [0.25, 0.3) is 0 Å². The first kappa shape index (κ1) is 19.6. The van der Waals surface area contributed by atoms with Gasteiger partial charge in [-0.15, -0.1) is 0 Å². The van der Waals surface area contributed by atoms with Crippen molar-refractivity contribution in [1.29, 1.82) is 0 Å². The standard InChI is InChI=1S/C25H29N3O/c1-19-24(22-12-6-7-13-23(22)26-19)25(29)20(2)28-17-15-27(16-18-28)14-8-11-21-9-4-3-5-10-21/h3-13,20,26H,14-18H2,1-2H3/p+2/b11-8+/t20-/m1/s1. The fourth-order valence-electron chi connectivity index (χ4n) is 4.48. The van der Waals surface area contributed by atoms with Crippen LogP contribution in [0.15, 0.2) is 60.7 Å². The lowest BCUT2D eigenvalue weighted by Crippen LogP contribution is -3.29. The van der Waals surface area contributed by atoms with Crippen molar-refractivity contribution >= 4 is 22.8 Å². The second-order valence-electron chi connectivity index (χ2n) is 8.18. The maximum absolute atomic E-state index is 13.3. The number of benzene rings is 2. The summed E-state index contributed by atoms with van der Waals surface area (Å²) < 4.78 is 0. The van der Waals surface area contributed by atoms with Crippen molar-refractivity contribution in [2.24, 2.45) is 0 Å². The van der Waals surface area contributed by atoms with Crippen LogP contribution < -0.4 is 9.80 Å². The SMILES string of the molecule is Cc1[nH]c2ccccc2c1C(=O)[C@@H](C)[NH+]1CC[NH+](C/C=C/c2ccccc2)CC1. The second kappa shape index (κ2) is 8.76. The van der Waals surface area contributed by atoms with E-state index in [1.165, 1.54) is 10.5 Å². The highest BCUT2D eigenvalue weighted by Gasteiger charge is 2.33. The fraction of sp³-hybridized carbons (Fsp3) is 0.320. The van der Waals surface area contributed by atoms with Crippen LogP contribution in [-0.4, -0.2) is 49.5 Å². The Hall–Kier alpha value is -2.69. The van der Waals surface area contributed by atoms with Gasteiger partial charge in [-0.05, 0) is 31.6 Å². The van der Waals surface area contributed by atoms with Gasteiger partial charge in [0, 0.05) is 16.6 Å². The number of ketones is 1. The Morgan fingerprint density at radius 3 is 2.48 bits per heavy atom. The molecule has 29 heavy (non-hydrogen) atoms. The highest BCUT2D eigenvalue weighted by atomic mass is 16.1. The fourth-order valence-corrected chi connectivity index (χ4v) is 4.48. The van der Waals surface area contributed by atoms with Gasteiger partial charge in [0.2, 0.25) is 5.78 Å². The van der Waals surface area contributed by atoms with Crippen LogP contribution >= 0.6 is 0 Å². The average molecular weight is 390 g/mol. The molecule has 1 fully saturated rings. The predicted molar refractivity (Wildman–Crippen MR) is 119 cm³/mol. The zero-order valence-electron chi connectivity index (χ0n) is 17.4. The van der Waals surface area contributed by atoms with Crippen LogP contribution in [-0.2, 0) is 0 Å². The number of aromatic amines is 1. The number of aromatic nitrogens is 1. The molecule has 0 unspecified atom stereocenters. The zero-order chi connectivity index (χ0) is 20.2. The number of carbonyl (C=O) groups is 1. The van der Waals surface area contributed by atoms with Crippen molar-refractivity contribution in [1.82, 2.24) is 4.98 Å². The molecule has 4 nitrogen and oxygen atoms in total. The Kier molecular flexibility index (Phi) is 5.93. The molecule has 2 aromatic carbocycles. The molecule has 3 aromatic rings. The Morgan fingerprint density at radius 2 is 1.72 bits per heavy atom. The molecule has 3 N–H and O–H groups in total. The van der Waals surface area contributed by atoms with Crippen LogP contribution in [0, 0.1) is 6.92 Å². The molecule has 1 saturated heterocycles. The van der Waals surface area contributed by atoms with Gasteiger partial charge < -0.3 is 14.8 Å². The number of fused-ring (bicyclic) bond motifs is 1. The number of carbonyl (C=O) groups excluding carboxylic acids is 1. The quantitative estimate of drug-likeness (QED) is 0.550. The Balaban J connectivity index is 1.35. The minimum Gasteiger partial charge on any atom is -0.358 e. The van der Waals surface area contributed by atoms with Crippen LogP contribution in [0.5, 0.6) is 0 Å². The minimum atomic E-state index is -0.00526. The highest BCUT2D eigenvalue weighted by molar-refractivity contribution is 6.10. The summed E-state index contributed by atoms with van der Waals surface area (Å²) in [5.41, 5.74) is 4.17. The van der Waals surface area contributed by atoms with Gasteiger partial charge in [0.1, 0.15) is 32.2 Å². The summed E-state index contributed by atoms with van der Waals surface area (Å²) in [6.45, 7) is 9.46. The first-order valence-electron chi connectivity index (χ1n) is 10.6. The number of quaternary nitrogens is 2. The molecule has 4 heteroatoms. The molecular weight excluding hydrogens is 358 g/mol. The van der Waals surface area contributed by atoms with Gasteiger partial charge in [0.15, 0.2) is 0 Å². The predicted octanol–water partition coefficient (Wildman–Crippen LogP) is 1.54.